The molecule has 6 heteroatoms. The molecule has 2 unspecified atom stereocenters. The molecule has 0 amide bonds. The van der Waals surface area contributed by atoms with Crippen LogP contribution in [-0.4, -0.2) is 62.6 Å². The number of nitrogens with one attached hydrogen (secondary N) is 2. The lowest BCUT2D eigenvalue weighted by atomic mass is 10.1. The highest BCUT2D eigenvalue weighted by atomic mass is 16.5. The molecule has 0 aromatic heterocycles. The van der Waals surface area contributed by atoms with Crippen LogP contribution in [0.15, 0.2) is 35.3 Å². The van der Waals surface area contributed by atoms with Crippen molar-refractivity contribution >= 4 is 11.6 Å². The topological polar surface area (TPSA) is 69.1 Å². The number of aliphatic hydroxyl groups is 1. The predicted octanol–water partition coefficient (Wildman–Crippen LogP) is 2.00. The highest BCUT2D eigenvalue weighted by Gasteiger charge is 2.22. The quantitative estimate of drug-likeness (QED) is 0.456. The zero-order valence-corrected chi connectivity index (χ0v) is 16.4. The summed E-state index contributed by atoms with van der Waals surface area (Å²) in [6.45, 7) is 6.41. The van der Waals surface area contributed by atoms with Gasteiger partial charge in [0.2, 0.25) is 0 Å². The van der Waals surface area contributed by atoms with E-state index in [0.29, 0.717) is 19.2 Å². The molecule has 0 spiro atoms. The third-order valence-electron chi connectivity index (χ3n) is 5.05. The molecule has 2 aliphatic rings. The highest BCUT2D eigenvalue weighted by Crippen LogP contribution is 2.28. The van der Waals surface area contributed by atoms with Gasteiger partial charge in [0.15, 0.2) is 5.96 Å². The van der Waals surface area contributed by atoms with Crippen molar-refractivity contribution in [3.8, 4) is 0 Å². The van der Waals surface area contributed by atoms with Crippen molar-refractivity contribution in [1.82, 2.24) is 10.6 Å². The van der Waals surface area contributed by atoms with Crippen molar-refractivity contribution in [2.75, 3.05) is 44.3 Å². The Morgan fingerprint density at radius 2 is 2.11 bits per heavy atom. The normalized spacial score (nSPS) is 21.8. The first-order valence-corrected chi connectivity index (χ1v) is 10.3. The van der Waals surface area contributed by atoms with Crippen LogP contribution in [0.1, 0.15) is 32.6 Å². The van der Waals surface area contributed by atoms with Gasteiger partial charge in [0.05, 0.1) is 19.3 Å². The second-order valence-electron chi connectivity index (χ2n) is 7.62. The smallest absolute Gasteiger partial charge is 0.191 e. The minimum absolute atomic E-state index is 0.347. The molecule has 6 nitrogen and oxygen atoms in total. The molecule has 1 heterocycles. The largest absolute Gasteiger partial charge is 0.389 e. The third-order valence-corrected chi connectivity index (χ3v) is 5.05. The molecule has 1 aliphatic carbocycles. The van der Waals surface area contributed by atoms with Crippen LogP contribution in [0.5, 0.6) is 0 Å². The zero-order valence-electron chi connectivity index (χ0n) is 16.4. The maximum absolute atomic E-state index is 10.1. The Kier molecular flexibility index (Phi) is 7.78. The monoisotopic (exact) mass is 374 g/mol. The highest BCUT2D eigenvalue weighted by molar-refractivity contribution is 5.80. The van der Waals surface area contributed by atoms with Gasteiger partial charge in [0.25, 0.3) is 0 Å². The Hall–Kier alpha value is -1.79. The van der Waals surface area contributed by atoms with Crippen LogP contribution in [0.3, 0.4) is 0 Å². The first kappa shape index (κ1) is 20.0. The number of ether oxygens (including phenoxy) is 1. The van der Waals surface area contributed by atoms with Crippen LogP contribution < -0.4 is 15.5 Å². The fourth-order valence-corrected chi connectivity index (χ4v) is 3.39. The maximum Gasteiger partial charge on any atom is 0.191 e. The molecular formula is C21H34N4O2. The number of rotatable bonds is 9. The lowest BCUT2D eigenvalue weighted by Gasteiger charge is -2.35. The lowest BCUT2D eigenvalue weighted by Crippen LogP contribution is -2.51. The van der Waals surface area contributed by atoms with Crippen LogP contribution in [0.2, 0.25) is 0 Å². The maximum atomic E-state index is 10.1. The number of nitrogens with zero attached hydrogens (tertiary/aromatic N) is 2. The van der Waals surface area contributed by atoms with Crippen molar-refractivity contribution in [1.29, 1.82) is 0 Å². The molecule has 2 fully saturated rings. The van der Waals surface area contributed by atoms with Gasteiger partial charge in [-0.25, -0.2) is 0 Å². The van der Waals surface area contributed by atoms with Crippen LogP contribution in [0.4, 0.5) is 5.69 Å². The number of aliphatic imine (C=N–C) groups is 1. The minimum Gasteiger partial charge on any atom is -0.389 e. The van der Waals surface area contributed by atoms with E-state index in [2.05, 4.69) is 57.8 Å². The number of benzene rings is 1. The number of guanidine groups is 1. The second-order valence-corrected chi connectivity index (χ2v) is 7.62. The molecule has 3 rings (SSSR count). The summed E-state index contributed by atoms with van der Waals surface area (Å²) in [5, 5.41) is 16.9. The van der Waals surface area contributed by atoms with E-state index in [9.17, 15) is 5.11 Å². The standard InChI is InChI=1S/C21H34N4O2/c1-2-22-21(23-13-20(26)16-27-15-17-10-11-17)24-18-7-6-12-25(14-18)19-8-4-3-5-9-19/h3-5,8-9,17-18,20,26H,2,6-7,10-16H2,1H3,(H2,22,23,24). The zero-order chi connectivity index (χ0) is 18.9. The number of anilines is 1. The van der Waals surface area contributed by atoms with Crippen molar-refractivity contribution in [3.05, 3.63) is 30.3 Å². The first-order valence-electron chi connectivity index (χ1n) is 10.3. The molecule has 0 bridgehead atoms. The molecule has 1 saturated heterocycles. The molecule has 0 radical (unpaired) electrons. The Morgan fingerprint density at radius 3 is 2.85 bits per heavy atom. The van der Waals surface area contributed by atoms with Crippen molar-refractivity contribution < 1.29 is 9.84 Å². The van der Waals surface area contributed by atoms with Gasteiger partial charge >= 0.3 is 0 Å². The summed E-state index contributed by atoms with van der Waals surface area (Å²) in [7, 11) is 0. The van der Waals surface area contributed by atoms with Crippen molar-refractivity contribution in [2.24, 2.45) is 10.9 Å². The Bertz CT molecular complexity index is 577. The number of hydrogen-bond acceptors (Lipinski definition) is 4. The molecular weight excluding hydrogens is 340 g/mol. The van der Waals surface area contributed by atoms with Gasteiger partial charge in [-0.05, 0) is 50.7 Å². The van der Waals surface area contributed by atoms with Crippen LogP contribution in [0, 0.1) is 5.92 Å². The Morgan fingerprint density at radius 1 is 1.30 bits per heavy atom. The number of hydrogen-bond donors (Lipinski definition) is 3. The van der Waals surface area contributed by atoms with E-state index in [0.717, 1.165) is 51.0 Å². The van der Waals surface area contributed by atoms with Gasteiger partial charge < -0.3 is 25.4 Å². The second kappa shape index (κ2) is 10.5. The van der Waals surface area contributed by atoms with Crippen molar-refractivity contribution in [2.45, 2.75) is 44.8 Å². The van der Waals surface area contributed by atoms with Crippen LogP contribution in [-0.2, 0) is 4.74 Å². The fourth-order valence-electron chi connectivity index (χ4n) is 3.39. The molecule has 2 atom stereocenters. The van der Waals surface area contributed by atoms with Gasteiger partial charge in [-0.3, -0.25) is 4.99 Å². The molecule has 1 aliphatic heterocycles. The van der Waals surface area contributed by atoms with Crippen molar-refractivity contribution in [3.63, 3.8) is 0 Å². The van der Waals surface area contributed by atoms with Gasteiger partial charge in [-0.2, -0.15) is 0 Å². The average Bonchev–Trinajstić information content (AvgIpc) is 3.52. The average molecular weight is 375 g/mol. The van der Waals surface area contributed by atoms with Crippen LogP contribution in [0.25, 0.3) is 0 Å². The molecule has 150 valence electrons. The predicted molar refractivity (Wildman–Crippen MR) is 110 cm³/mol. The Labute approximate surface area is 163 Å². The van der Waals surface area contributed by atoms with E-state index in [1.165, 1.54) is 18.5 Å². The summed E-state index contributed by atoms with van der Waals surface area (Å²) in [6, 6.07) is 10.9. The van der Waals surface area contributed by atoms with E-state index < -0.39 is 6.10 Å². The molecule has 1 aromatic rings. The van der Waals surface area contributed by atoms with E-state index >= 15 is 0 Å². The SMILES string of the molecule is CCNC(=NCC(O)COCC1CC1)NC1CCCN(c2ccccc2)C1. The van der Waals surface area contributed by atoms with Gasteiger partial charge in [0, 0.05) is 38.0 Å². The van der Waals surface area contributed by atoms with Crippen LogP contribution >= 0.6 is 0 Å². The van der Waals surface area contributed by atoms with Gasteiger partial charge in [-0.15, -0.1) is 0 Å². The van der Waals surface area contributed by atoms with E-state index in [1.807, 2.05) is 0 Å². The van der Waals surface area contributed by atoms with Gasteiger partial charge in [0.1, 0.15) is 0 Å². The number of piperidine rings is 1. The van der Waals surface area contributed by atoms with E-state index in [-0.39, 0.29) is 0 Å². The number of para-hydroxylation sites is 1. The first-order chi connectivity index (χ1) is 13.2. The van der Waals surface area contributed by atoms with Gasteiger partial charge in [-0.1, -0.05) is 18.2 Å². The summed E-state index contributed by atoms with van der Waals surface area (Å²) in [5.41, 5.74) is 1.27. The molecule has 1 aromatic carbocycles. The third kappa shape index (κ3) is 7.03. The van der Waals surface area contributed by atoms with E-state index in [1.54, 1.807) is 0 Å². The molecule has 27 heavy (non-hydrogen) atoms. The summed E-state index contributed by atoms with van der Waals surface area (Å²) in [4.78, 5) is 6.99. The van der Waals surface area contributed by atoms with E-state index in [4.69, 9.17) is 4.74 Å². The summed E-state index contributed by atoms with van der Waals surface area (Å²) >= 11 is 0. The summed E-state index contributed by atoms with van der Waals surface area (Å²) in [5.74, 6) is 1.50. The molecule has 1 saturated carbocycles. The lowest BCUT2D eigenvalue weighted by molar-refractivity contribution is 0.0368. The minimum atomic E-state index is -0.550. The fraction of sp³-hybridized carbons (Fsp3) is 0.667. The molecule has 3 N–H and O–H groups in total. The summed E-state index contributed by atoms with van der Waals surface area (Å²) in [6.07, 6.45) is 4.27. The number of aliphatic hydroxyl groups excluding tert-OH is 1. The summed E-state index contributed by atoms with van der Waals surface area (Å²) < 4.78 is 5.56. The Balaban J connectivity index is 1.46.